The summed E-state index contributed by atoms with van der Waals surface area (Å²) in [7, 11) is 0. The highest BCUT2D eigenvalue weighted by molar-refractivity contribution is 6.46. The second-order valence-corrected chi connectivity index (χ2v) is 8.84. The van der Waals surface area contributed by atoms with Crippen molar-refractivity contribution in [2.75, 3.05) is 5.32 Å². The molecule has 1 aromatic carbocycles. The summed E-state index contributed by atoms with van der Waals surface area (Å²) in [6.07, 6.45) is 2.83. The molecule has 5 amide bonds. The van der Waals surface area contributed by atoms with E-state index in [9.17, 15) is 28.8 Å². The number of carbonyl (C=O) groups excluding carboxylic acids is 6. The van der Waals surface area contributed by atoms with E-state index in [1.165, 1.54) is 30.6 Å². The van der Waals surface area contributed by atoms with Crippen LogP contribution in [0.25, 0.3) is 0 Å². The third kappa shape index (κ3) is 3.93. The minimum atomic E-state index is -1.09. The molecule has 1 saturated heterocycles. The molecule has 4 rings (SSSR count). The molecule has 1 atom stereocenters. The van der Waals surface area contributed by atoms with E-state index in [0.717, 1.165) is 4.90 Å². The molecule has 2 aliphatic rings. The number of piperidine rings is 1. The maximum atomic E-state index is 12.9. The molecule has 1 fully saturated rings. The van der Waals surface area contributed by atoms with Gasteiger partial charge in [0.15, 0.2) is 0 Å². The zero-order valence-electron chi connectivity index (χ0n) is 18.2. The van der Waals surface area contributed by atoms with E-state index < -0.39 is 41.4 Å². The van der Waals surface area contributed by atoms with Crippen LogP contribution in [0.15, 0.2) is 30.6 Å². The van der Waals surface area contributed by atoms with Gasteiger partial charge in [-0.15, -0.1) is 0 Å². The number of hydrogen-bond donors (Lipinski definition) is 2. The number of benzene rings is 1. The fourth-order valence-electron chi connectivity index (χ4n) is 3.67. The smallest absolute Gasteiger partial charge is 0.296 e. The molecule has 0 radical (unpaired) electrons. The predicted octanol–water partition coefficient (Wildman–Crippen LogP) is 0.861. The Kier molecular flexibility index (Phi) is 5.19. The summed E-state index contributed by atoms with van der Waals surface area (Å²) in [4.78, 5) is 74.9. The highest BCUT2D eigenvalue weighted by Crippen LogP contribution is 2.29. The minimum absolute atomic E-state index is 0.00417. The number of nitrogens with one attached hydrogen (secondary N) is 2. The average Bonchev–Trinajstić information content (AvgIpc) is 3.33. The van der Waals surface area contributed by atoms with E-state index in [0.29, 0.717) is 0 Å². The van der Waals surface area contributed by atoms with Crippen LogP contribution < -0.4 is 10.6 Å². The summed E-state index contributed by atoms with van der Waals surface area (Å²) in [5.74, 6) is -4.28. The largest absolute Gasteiger partial charge is 0.319 e. The second-order valence-electron chi connectivity index (χ2n) is 8.84. The van der Waals surface area contributed by atoms with Gasteiger partial charge in [0.2, 0.25) is 11.8 Å². The van der Waals surface area contributed by atoms with Gasteiger partial charge in [0.05, 0.1) is 28.4 Å². The number of fused-ring (bicyclic) bond motifs is 1. The Bertz CT molecular complexity index is 1240. The Hall–Kier alpha value is -4.15. The molecule has 3 heterocycles. The zero-order valence-corrected chi connectivity index (χ0v) is 18.2. The first kappa shape index (κ1) is 22.1. The minimum Gasteiger partial charge on any atom is -0.319 e. The second kappa shape index (κ2) is 7.76. The van der Waals surface area contributed by atoms with E-state index in [1.54, 1.807) is 4.68 Å². The predicted molar refractivity (Wildman–Crippen MR) is 113 cm³/mol. The first-order chi connectivity index (χ1) is 15.5. The number of rotatable bonds is 4. The lowest BCUT2D eigenvalue weighted by Crippen LogP contribution is -2.54. The molecule has 2 aliphatic heterocycles. The van der Waals surface area contributed by atoms with Crippen LogP contribution in [0.4, 0.5) is 5.69 Å². The normalized spacial score (nSPS) is 18.3. The fraction of sp³-hybridized carbons (Fsp3) is 0.318. The summed E-state index contributed by atoms with van der Waals surface area (Å²) < 4.78 is 1.57. The molecule has 0 aliphatic carbocycles. The number of Topliss-reactive ketones (excluding diaryl/α,β-unsaturated/α-hetero) is 1. The SMILES string of the molecule is CC(C)(C)n1cc(C(=O)C(=O)Nc2ccc3c(c2)C(=O)N(C2CCC(=O)NC2=O)C3=O)cn1. The van der Waals surface area contributed by atoms with Gasteiger partial charge in [-0.05, 0) is 45.4 Å². The molecular formula is C22H21N5O6. The number of aromatic nitrogens is 2. The Morgan fingerprint density at radius 2 is 1.79 bits per heavy atom. The number of anilines is 1. The maximum Gasteiger partial charge on any atom is 0.296 e. The molecule has 2 aromatic rings. The molecule has 11 heteroatoms. The van der Waals surface area contributed by atoms with Crippen LogP contribution in [0.5, 0.6) is 0 Å². The van der Waals surface area contributed by atoms with Crippen LogP contribution in [0.2, 0.25) is 0 Å². The zero-order chi connectivity index (χ0) is 24.1. The van der Waals surface area contributed by atoms with Gasteiger partial charge in [0.1, 0.15) is 6.04 Å². The lowest BCUT2D eigenvalue weighted by Gasteiger charge is -2.27. The van der Waals surface area contributed by atoms with Crippen LogP contribution in [0.3, 0.4) is 0 Å². The molecule has 1 unspecified atom stereocenters. The molecule has 1 aromatic heterocycles. The standard InChI is InChI=1S/C22H21N5O6/c1-22(2,3)26-10-11(9-23-26)17(29)19(31)24-12-4-5-13-14(8-12)21(33)27(20(13)32)15-6-7-16(28)25-18(15)30/h4-5,8-10,15H,6-7H2,1-3H3,(H,24,31)(H,25,28,30). The van der Waals surface area contributed by atoms with E-state index in [-0.39, 0.29) is 40.8 Å². The number of carbonyl (C=O) groups is 6. The first-order valence-electron chi connectivity index (χ1n) is 10.2. The highest BCUT2D eigenvalue weighted by atomic mass is 16.2. The number of ketones is 1. The van der Waals surface area contributed by atoms with Gasteiger partial charge in [0, 0.05) is 18.3 Å². The molecule has 170 valence electrons. The number of nitrogens with zero attached hydrogens (tertiary/aromatic N) is 3. The lowest BCUT2D eigenvalue weighted by molar-refractivity contribution is -0.136. The molecule has 11 nitrogen and oxygen atoms in total. The van der Waals surface area contributed by atoms with Gasteiger partial charge < -0.3 is 5.32 Å². The van der Waals surface area contributed by atoms with Gasteiger partial charge >= 0.3 is 0 Å². The van der Waals surface area contributed by atoms with Crippen molar-refractivity contribution in [2.45, 2.75) is 45.2 Å². The van der Waals surface area contributed by atoms with Crippen LogP contribution in [0.1, 0.15) is 64.7 Å². The number of hydrogen-bond acceptors (Lipinski definition) is 7. The topological polar surface area (TPSA) is 148 Å². The molecular weight excluding hydrogens is 430 g/mol. The Balaban J connectivity index is 1.52. The van der Waals surface area contributed by atoms with Gasteiger partial charge in [-0.3, -0.25) is 43.7 Å². The van der Waals surface area contributed by atoms with E-state index >= 15 is 0 Å². The van der Waals surface area contributed by atoms with Crippen LogP contribution >= 0.6 is 0 Å². The first-order valence-corrected chi connectivity index (χ1v) is 10.2. The Morgan fingerprint density at radius 3 is 2.42 bits per heavy atom. The Morgan fingerprint density at radius 1 is 1.09 bits per heavy atom. The van der Waals surface area contributed by atoms with Gasteiger partial charge in [-0.1, -0.05) is 0 Å². The van der Waals surface area contributed by atoms with Crippen molar-refractivity contribution in [1.29, 1.82) is 0 Å². The van der Waals surface area contributed by atoms with Crippen molar-refractivity contribution >= 4 is 41.0 Å². The van der Waals surface area contributed by atoms with Crippen LogP contribution in [0, 0.1) is 0 Å². The van der Waals surface area contributed by atoms with Gasteiger partial charge in [0.25, 0.3) is 23.5 Å². The van der Waals surface area contributed by atoms with Crippen molar-refractivity contribution in [3.8, 4) is 0 Å². The molecule has 0 saturated carbocycles. The summed E-state index contributed by atoms with van der Waals surface area (Å²) in [6.45, 7) is 5.69. The van der Waals surface area contributed by atoms with Crippen LogP contribution in [-0.2, 0) is 19.9 Å². The third-order valence-corrected chi connectivity index (χ3v) is 5.44. The van der Waals surface area contributed by atoms with Crippen molar-refractivity contribution in [3.63, 3.8) is 0 Å². The molecule has 0 bridgehead atoms. The molecule has 33 heavy (non-hydrogen) atoms. The van der Waals surface area contributed by atoms with Crippen LogP contribution in [-0.4, -0.2) is 56.0 Å². The number of imide groups is 2. The summed E-state index contributed by atoms with van der Waals surface area (Å²) in [6, 6.07) is 2.93. The fourth-order valence-corrected chi connectivity index (χ4v) is 3.67. The molecule has 2 N–H and O–H groups in total. The van der Waals surface area contributed by atoms with Crippen molar-refractivity contribution in [3.05, 3.63) is 47.3 Å². The van der Waals surface area contributed by atoms with E-state index in [1.807, 2.05) is 20.8 Å². The Labute approximate surface area is 188 Å². The quantitative estimate of drug-likeness (QED) is 0.398. The number of amides is 5. The van der Waals surface area contributed by atoms with E-state index in [2.05, 4.69) is 15.7 Å². The van der Waals surface area contributed by atoms with Crippen molar-refractivity contribution in [1.82, 2.24) is 20.0 Å². The monoisotopic (exact) mass is 451 g/mol. The summed E-state index contributed by atoms with van der Waals surface area (Å²) in [5, 5.41) is 8.66. The van der Waals surface area contributed by atoms with Gasteiger partial charge in [-0.2, -0.15) is 5.10 Å². The maximum absolute atomic E-state index is 12.9. The summed E-state index contributed by atoms with van der Waals surface area (Å²) in [5.41, 5.74) is -0.0486. The third-order valence-electron chi connectivity index (χ3n) is 5.44. The molecule has 0 spiro atoms. The van der Waals surface area contributed by atoms with Crippen molar-refractivity contribution in [2.24, 2.45) is 0 Å². The summed E-state index contributed by atoms with van der Waals surface area (Å²) >= 11 is 0. The van der Waals surface area contributed by atoms with Gasteiger partial charge in [-0.25, -0.2) is 0 Å². The lowest BCUT2D eigenvalue weighted by atomic mass is 10.0. The van der Waals surface area contributed by atoms with E-state index in [4.69, 9.17) is 0 Å². The highest BCUT2D eigenvalue weighted by Gasteiger charge is 2.44. The van der Waals surface area contributed by atoms with Crippen molar-refractivity contribution < 1.29 is 28.8 Å². The average molecular weight is 451 g/mol.